The fraction of sp³-hybridized carbons (Fsp3) is 0.111. The van der Waals surface area contributed by atoms with Gasteiger partial charge < -0.3 is 0 Å². The largest absolute Gasteiger partial charge is 0.262 e. The van der Waals surface area contributed by atoms with Crippen LogP contribution in [0.5, 0.6) is 0 Å². The van der Waals surface area contributed by atoms with E-state index in [1.807, 2.05) is 32.0 Å². The van der Waals surface area contributed by atoms with Crippen molar-refractivity contribution in [1.82, 2.24) is 4.98 Å². The van der Waals surface area contributed by atoms with Crippen molar-refractivity contribution in [2.24, 2.45) is 4.99 Å². The number of aliphatic imine (C=N–C) groups is 1. The Labute approximate surface area is 119 Å². The molecule has 0 aliphatic heterocycles. The van der Waals surface area contributed by atoms with Gasteiger partial charge in [0.2, 0.25) is 0 Å². The van der Waals surface area contributed by atoms with Crippen LogP contribution in [-0.2, 0) is 0 Å². The first-order valence-corrected chi connectivity index (χ1v) is 6.54. The van der Waals surface area contributed by atoms with Crippen molar-refractivity contribution in [3.8, 4) is 11.1 Å². The zero-order valence-corrected chi connectivity index (χ0v) is 11.9. The van der Waals surface area contributed by atoms with Crippen LogP contribution in [0.3, 0.4) is 0 Å². The first-order chi connectivity index (χ1) is 9.71. The van der Waals surface area contributed by atoms with Gasteiger partial charge in [0.1, 0.15) is 0 Å². The van der Waals surface area contributed by atoms with Crippen molar-refractivity contribution < 1.29 is 0 Å². The maximum Gasteiger partial charge on any atom is 0.0963 e. The lowest BCUT2D eigenvalue weighted by Gasteiger charge is -2.06. The van der Waals surface area contributed by atoms with Crippen LogP contribution in [0, 0.1) is 6.92 Å². The SMILES string of the molecule is C=C/C(N=C)=c1/nc(C)cc(-c2ccccc2)/c1=C/C. The first kappa shape index (κ1) is 13.9. The number of benzene rings is 1. The monoisotopic (exact) mass is 262 g/mol. The van der Waals surface area contributed by atoms with E-state index in [1.54, 1.807) is 6.08 Å². The molecule has 2 rings (SSSR count). The lowest BCUT2D eigenvalue weighted by Crippen LogP contribution is -2.32. The van der Waals surface area contributed by atoms with Crippen LogP contribution in [0.1, 0.15) is 12.6 Å². The second-order valence-corrected chi connectivity index (χ2v) is 4.48. The highest BCUT2D eigenvalue weighted by atomic mass is 14.8. The smallest absolute Gasteiger partial charge is 0.0963 e. The molecule has 0 aliphatic carbocycles. The van der Waals surface area contributed by atoms with E-state index in [4.69, 9.17) is 0 Å². The highest BCUT2D eigenvalue weighted by molar-refractivity contribution is 5.68. The molecule has 0 saturated carbocycles. The van der Waals surface area contributed by atoms with Crippen molar-refractivity contribution in [3.05, 3.63) is 65.3 Å². The van der Waals surface area contributed by atoms with E-state index in [9.17, 15) is 0 Å². The summed E-state index contributed by atoms with van der Waals surface area (Å²) >= 11 is 0. The zero-order chi connectivity index (χ0) is 14.5. The van der Waals surface area contributed by atoms with Crippen molar-refractivity contribution in [2.75, 3.05) is 0 Å². The molecular formula is C18H18N2. The quantitative estimate of drug-likeness (QED) is 0.781. The van der Waals surface area contributed by atoms with Crippen molar-refractivity contribution in [1.29, 1.82) is 0 Å². The Bertz CT molecular complexity index is 746. The molecule has 2 nitrogen and oxygen atoms in total. The van der Waals surface area contributed by atoms with Crippen LogP contribution in [0.25, 0.3) is 22.9 Å². The molecule has 0 N–H and O–H groups in total. The van der Waals surface area contributed by atoms with E-state index in [0.29, 0.717) is 5.70 Å². The summed E-state index contributed by atoms with van der Waals surface area (Å²) in [6.45, 7) is 11.4. The maximum atomic E-state index is 4.60. The molecule has 0 atom stereocenters. The van der Waals surface area contributed by atoms with Gasteiger partial charge in [0, 0.05) is 10.9 Å². The molecule has 0 saturated heterocycles. The lowest BCUT2D eigenvalue weighted by molar-refractivity contribution is 1.12. The standard InChI is InChI=1S/C18H18N2/c1-5-15-16(14-10-8-7-9-11-14)12-13(3)20-18(15)17(6-2)19-4/h5-12H,2,4H2,1,3H3/b15-5-,18-17-. The van der Waals surface area contributed by atoms with Crippen LogP contribution < -0.4 is 10.6 Å². The molecule has 0 radical (unpaired) electrons. The molecule has 0 fully saturated rings. The van der Waals surface area contributed by atoms with E-state index in [2.05, 4.69) is 47.5 Å². The minimum Gasteiger partial charge on any atom is -0.262 e. The molecule has 0 spiro atoms. The van der Waals surface area contributed by atoms with E-state index in [0.717, 1.165) is 21.8 Å². The maximum absolute atomic E-state index is 4.60. The van der Waals surface area contributed by atoms with Gasteiger partial charge in [-0.25, -0.2) is 0 Å². The molecule has 1 heterocycles. The fourth-order valence-corrected chi connectivity index (χ4v) is 2.26. The molecule has 100 valence electrons. The van der Waals surface area contributed by atoms with Crippen molar-refractivity contribution >= 4 is 18.5 Å². The number of rotatable bonds is 3. The van der Waals surface area contributed by atoms with Gasteiger partial charge in [0.15, 0.2) is 0 Å². The molecule has 2 heteroatoms. The van der Waals surface area contributed by atoms with Crippen molar-refractivity contribution in [2.45, 2.75) is 13.8 Å². The van der Waals surface area contributed by atoms with Crippen LogP contribution in [-0.4, -0.2) is 11.7 Å². The summed E-state index contributed by atoms with van der Waals surface area (Å²) in [7, 11) is 0. The topological polar surface area (TPSA) is 25.2 Å². The van der Waals surface area contributed by atoms with E-state index in [1.165, 1.54) is 5.56 Å². The zero-order valence-electron chi connectivity index (χ0n) is 11.9. The molecule has 1 aromatic carbocycles. The molecule has 0 bridgehead atoms. The summed E-state index contributed by atoms with van der Waals surface area (Å²) in [5.41, 5.74) is 3.98. The lowest BCUT2D eigenvalue weighted by atomic mass is 10.0. The molecule has 0 aliphatic rings. The number of pyridine rings is 1. The minimum absolute atomic E-state index is 0.707. The second kappa shape index (κ2) is 6.11. The number of hydrogen-bond donors (Lipinski definition) is 0. The third-order valence-corrected chi connectivity index (χ3v) is 3.17. The van der Waals surface area contributed by atoms with E-state index >= 15 is 0 Å². The summed E-state index contributed by atoms with van der Waals surface area (Å²) < 4.78 is 0. The molecule has 2 aromatic rings. The summed E-state index contributed by atoms with van der Waals surface area (Å²) in [6.07, 6.45) is 3.75. The highest BCUT2D eigenvalue weighted by Crippen LogP contribution is 2.14. The average molecular weight is 262 g/mol. The Morgan fingerprint density at radius 1 is 1.25 bits per heavy atom. The van der Waals surface area contributed by atoms with E-state index in [-0.39, 0.29) is 0 Å². The van der Waals surface area contributed by atoms with Crippen molar-refractivity contribution in [3.63, 3.8) is 0 Å². The van der Waals surface area contributed by atoms with Crippen LogP contribution in [0.15, 0.2) is 54.0 Å². The Balaban J connectivity index is 2.96. The van der Waals surface area contributed by atoms with Gasteiger partial charge in [0.25, 0.3) is 0 Å². The van der Waals surface area contributed by atoms with Gasteiger partial charge >= 0.3 is 0 Å². The van der Waals surface area contributed by atoms with Crippen LogP contribution >= 0.6 is 0 Å². The van der Waals surface area contributed by atoms with Gasteiger partial charge in [-0.2, -0.15) is 0 Å². The molecule has 1 aromatic heterocycles. The molecule has 20 heavy (non-hydrogen) atoms. The number of aryl methyl sites for hydroxylation is 1. The third kappa shape index (κ3) is 2.59. The Morgan fingerprint density at radius 3 is 2.50 bits per heavy atom. The van der Waals surface area contributed by atoms with Crippen LogP contribution in [0.2, 0.25) is 0 Å². The van der Waals surface area contributed by atoms with E-state index < -0.39 is 0 Å². The summed E-state index contributed by atoms with van der Waals surface area (Å²) in [5.74, 6) is 0. The predicted octanol–water partition coefficient (Wildman–Crippen LogP) is 2.85. The summed E-state index contributed by atoms with van der Waals surface area (Å²) in [6, 6.07) is 12.4. The van der Waals surface area contributed by atoms with Gasteiger partial charge in [-0.05, 0) is 43.8 Å². The van der Waals surface area contributed by atoms with Crippen LogP contribution in [0.4, 0.5) is 0 Å². The van der Waals surface area contributed by atoms with Gasteiger partial charge in [-0.1, -0.05) is 43.0 Å². The Kier molecular flexibility index (Phi) is 4.26. The molecular weight excluding hydrogens is 244 g/mol. The fourth-order valence-electron chi connectivity index (χ4n) is 2.26. The number of hydrogen-bond acceptors (Lipinski definition) is 2. The third-order valence-electron chi connectivity index (χ3n) is 3.17. The first-order valence-electron chi connectivity index (χ1n) is 6.54. The molecule has 0 amide bonds. The number of nitrogens with zero attached hydrogens (tertiary/aromatic N) is 2. The second-order valence-electron chi connectivity index (χ2n) is 4.48. The van der Waals surface area contributed by atoms with Gasteiger partial charge in [-0.15, -0.1) is 0 Å². The Morgan fingerprint density at radius 2 is 1.95 bits per heavy atom. The van der Waals surface area contributed by atoms with Gasteiger partial charge in [0.05, 0.1) is 11.0 Å². The molecule has 0 unspecified atom stereocenters. The summed E-state index contributed by atoms with van der Waals surface area (Å²) in [4.78, 5) is 8.63. The van der Waals surface area contributed by atoms with Gasteiger partial charge in [-0.3, -0.25) is 9.98 Å². The number of aromatic nitrogens is 1. The average Bonchev–Trinajstić information content (AvgIpc) is 2.49. The normalized spacial score (nSPS) is 13.0. The summed E-state index contributed by atoms with van der Waals surface area (Å²) in [5, 5.41) is 1.89. The highest BCUT2D eigenvalue weighted by Gasteiger charge is 2.04. The predicted molar refractivity (Wildman–Crippen MR) is 87.0 cm³/mol. The minimum atomic E-state index is 0.707. The Hall–Kier alpha value is -2.48.